The molecule has 0 saturated carbocycles. The molecule has 0 fully saturated rings. The lowest BCUT2D eigenvalue weighted by atomic mass is 9.89. The van der Waals surface area contributed by atoms with Gasteiger partial charge >= 0.3 is 5.97 Å². The molecule has 1 N–H and O–H groups in total. The Morgan fingerprint density at radius 1 is 1.47 bits per heavy atom. The van der Waals surface area contributed by atoms with Crippen LogP contribution in [-0.4, -0.2) is 29.6 Å². The van der Waals surface area contributed by atoms with Crippen LogP contribution in [-0.2, 0) is 11.3 Å². The van der Waals surface area contributed by atoms with E-state index in [0.717, 1.165) is 18.1 Å². The Balaban J connectivity index is 2.40. The quantitative estimate of drug-likeness (QED) is 0.828. The Morgan fingerprint density at radius 3 is 2.59 bits per heavy atom. The summed E-state index contributed by atoms with van der Waals surface area (Å²) < 4.78 is 5.48. The summed E-state index contributed by atoms with van der Waals surface area (Å²) in [6, 6.07) is 3.89. The molecule has 96 valence electrons. The predicted molar refractivity (Wildman–Crippen MR) is 65.8 cm³/mol. The number of hydrogen-bond acceptors (Lipinski definition) is 3. The molecule has 1 aromatic rings. The van der Waals surface area contributed by atoms with Crippen LogP contribution < -0.4 is 0 Å². The normalized spacial score (nSPS) is 12.1. The van der Waals surface area contributed by atoms with Gasteiger partial charge in [-0.2, -0.15) is 0 Å². The molecule has 0 saturated heterocycles. The summed E-state index contributed by atoms with van der Waals surface area (Å²) in [5, 5.41) is 9.01. The molecule has 0 aliphatic carbocycles. The topological polar surface area (TPSA) is 53.7 Å². The smallest absolute Gasteiger partial charge is 0.309 e. The molecule has 4 nitrogen and oxygen atoms in total. The molecule has 17 heavy (non-hydrogen) atoms. The van der Waals surface area contributed by atoms with Crippen molar-refractivity contribution in [2.24, 2.45) is 5.41 Å². The molecule has 1 rings (SSSR count). The van der Waals surface area contributed by atoms with Crippen LogP contribution in [0, 0.1) is 12.3 Å². The van der Waals surface area contributed by atoms with Gasteiger partial charge in [-0.1, -0.05) is 0 Å². The van der Waals surface area contributed by atoms with Gasteiger partial charge in [-0.25, -0.2) is 0 Å². The van der Waals surface area contributed by atoms with E-state index in [1.54, 1.807) is 13.8 Å². The SMILES string of the molecule is Cc1ccc(CN(C)CCC(C)(C)C(=O)O)o1. The first-order chi connectivity index (χ1) is 7.81. The van der Waals surface area contributed by atoms with Crippen molar-refractivity contribution in [3.8, 4) is 0 Å². The van der Waals surface area contributed by atoms with Crippen LogP contribution in [0.3, 0.4) is 0 Å². The maximum atomic E-state index is 11.0. The first-order valence-corrected chi connectivity index (χ1v) is 5.78. The van der Waals surface area contributed by atoms with Crippen molar-refractivity contribution >= 4 is 5.97 Å². The summed E-state index contributed by atoms with van der Waals surface area (Å²) in [7, 11) is 1.97. The largest absolute Gasteiger partial charge is 0.481 e. The second-order valence-electron chi connectivity index (χ2n) is 5.19. The lowest BCUT2D eigenvalue weighted by molar-refractivity contribution is -0.147. The lowest BCUT2D eigenvalue weighted by Gasteiger charge is -2.23. The van der Waals surface area contributed by atoms with E-state index in [0.29, 0.717) is 13.0 Å². The van der Waals surface area contributed by atoms with Crippen molar-refractivity contribution in [3.05, 3.63) is 23.7 Å². The minimum absolute atomic E-state index is 0.624. The van der Waals surface area contributed by atoms with E-state index < -0.39 is 11.4 Å². The van der Waals surface area contributed by atoms with E-state index in [-0.39, 0.29) is 0 Å². The van der Waals surface area contributed by atoms with E-state index in [2.05, 4.69) is 4.90 Å². The Labute approximate surface area is 102 Å². The van der Waals surface area contributed by atoms with Crippen molar-refractivity contribution in [2.75, 3.05) is 13.6 Å². The van der Waals surface area contributed by atoms with Crippen LogP contribution in [0.15, 0.2) is 16.5 Å². The number of carbonyl (C=O) groups is 1. The van der Waals surface area contributed by atoms with Crippen LogP contribution in [0.5, 0.6) is 0 Å². The zero-order chi connectivity index (χ0) is 13.1. The first-order valence-electron chi connectivity index (χ1n) is 5.78. The van der Waals surface area contributed by atoms with Crippen molar-refractivity contribution in [1.29, 1.82) is 0 Å². The third-order valence-corrected chi connectivity index (χ3v) is 2.92. The molecule has 0 aliphatic heterocycles. The molecule has 1 heterocycles. The van der Waals surface area contributed by atoms with Gasteiger partial charge in [-0.15, -0.1) is 0 Å². The summed E-state index contributed by atoms with van der Waals surface area (Å²) in [5.41, 5.74) is -0.673. The highest BCUT2D eigenvalue weighted by Crippen LogP contribution is 2.21. The summed E-state index contributed by atoms with van der Waals surface area (Å²) in [6.45, 7) is 6.86. The van der Waals surface area contributed by atoms with Crippen LogP contribution in [0.25, 0.3) is 0 Å². The minimum Gasteiger partial charge on any atom is -0.481 e. The number of aryl methyl sites for hydroxylation is 1. The molecular weight excluding hydrogens is 218 g/mol. The third-order valence-electron chi connectivity index (χ3n) is 2.92. The monoisotopic (exact) mass is 239 g/mol. The second kappa shape index (κ2) is 5.36. The van der Waals surface area contributed by atoms with Crippen molar-refractivity contribution in [3.63, 3.8) is 0 Å². The van der Waals surface area contributed by atoms with Gasteiger partial charge in [0.2, 0.25) is 0 Å². The van der Waals surface area contributed by atoms with Gasteiger partial charge in [0.15, 0.2) is 0 Å². The number of furan rings is 1. The van der Waals surface area contributed by atoms with Crippen LogP contribution in [0.4, 0.5) is 0 Å². The molecule has 0 unspecified atom stereocenters. The highest BCUT2D eigenvalue weighted by Gasteiger charge is 2.26. The fourth-order valence-electron chi connectivity index (χ4n) is 1.49. The van der Waals surface area contributed by atoms with Gasteiger partial charge in [-0.05, 0) is 52.9 Å². The average Bonchev–Trinajstić information content (AvgIpc) is 2.61. The third kappa shape index (κ3) is 4.23. The maximum absolute atomic E-state index is 11.0. The first kappa shape index (κ1) is 13.8. The maximum Gasteiger partial charge on any atom is 0.309 e. The van der Waals surface area contributed by atoms with Crippen molar-refractivity contribution in [2.45, 2.75) is 33.7 Å². The fraction of sp³-hybridized carbons (Fsp3) is 0.615. The molecule has 0 atom stereocenters. The zero-order valence-corrected chi connectivity index (χ0v) is 11.0. The van der Waals surface area contributed by atoms with E-state index in [1.165, 1.54) is 0 Å². The number of rotatable bonds is 6. The van der Waals surface area contributed by atoms with Gasteiger partial charge in [0.1, 0.15) is 11.5 Å². The average molecular weight is 239 g/mol. The molecular formula is C13H21NO3. The van der Waals surface area contributed by atoms with E-state index >= 15 is 0 Å². The minimum atomic E-state index is -0.750. The number of aliphatic carboxylic acids is 1. The summed E-state index contributed by atoms with van der Waals surface area (Å²) in [6.07, 6.45) is 0.624. The Kier molecular flexibility index (Phi) is 4.34. The summed E-state index contributed by atoms with van der Waals surface area (Å²) >= 11 is 0. The molecule has 0 aliphatic rings. The van der Waals surface area contributed by atoms with Crippen molar-refractivity contribution < 1.29 is 14.3 Å². The predicted octanol–water partition coefficient (Wildman–Crippen LogP) is 2.52. The Bertz CT molecular complexity index is 382. The highest BCUT2D eigenvalue weighted by atomic mass is 16.4. The van der Waals surface area contributed by atoms with E-state index in [1.807, 2.05) is 26.1 Å². The summed E-state index contributed by atoms with van der Waals surface area (Å²) in [4.78, 5) is 13.0. The molecule has 0 bridgehead atoms. The molecule has 1 aromatic heterocycles. The molecule has 0 amide bonds. The van der Waals surface area contributed by atoms with Crippen LogP contribution >= 0.6 is 0 Å². The molecule has 0 radical (unpaired) electrons. The van der Waals surface area contributed by atoms with E-state index in [9.17, 15) is 4.79 Å². The van der Waals surface area contributed by atoms with Crippen LogP contribution in [0.2, 0.25) is 0 Å². The number of carboxylic acid groups (broad SMARTS) is 1. The Morgan fingerprint density at radius 2 is 2.12 bits per heavy atom. The van der Waals surface area contributed by atoms with Gasteiger partial charge in [0, 0.05) is 0 Å². The fourth-order valence-corrected chi connectivity index (χ4v) is 1.49. The molecule has 0 aromatic carbocycles. The Hall–Kier alpha value is -1.29. The number of nitrogens with zero attached hydrogens (tertiary/aromatic N) is 1. The van der Waals surface area contributed by atoms with Gasteiger partial charge in [0.05, 0.1) is 12.0 Å². The standard InChI is InChI=1S/C13H21NO3/c1-10-5-6-11(17-10)9-14(4)8-7-13(2,3)12(15)16/h5-6H,7-9H2,1-4H3,(H,15,16). The molecule has 0 spiro atoms. The lowest BCUT2D eigenvalue weighted by Crippen LogP contribution is -2.29. The van der Waals surface area contributed by atoms with Gasteiger partial charge in [0.25, 0.3) is 0 Å². The highest BCUT2D eigenvalue weighted by molar-refractivity contribution is 5.73. The molecule has 4 heteroatoms. The van der Waals surface area contributed by atoms with E-state index in [4.69, 9.17) is 9.52 Å². The summed E-state index contributed by atoms with van der Waals surface area (Å²) in [5.74, 6) is 1.07. The van der Waals surface area contributed by atoms with Gasteiger partial charge < -0.3 is 9.52 Å². The zero-order valence-electron chi connectivity index (χ0n) is 11.0. The van der Waals surface area contributed by atoms with Crippen LogP contribution in [0.1, 0.15) is 31.8 Å². The number of hydrogen-bond donors (Lipinski definition) is 1. The van der Waals surface area contributed by atoms with Gasteiger partial charge in [-0.3, -0.25) is 9.69 Å². The van der Waals surface area contributed by atoms with Crippen molar-refractivity contribution in [1.82, 2.24) is 4.90 Å². The second-order valence-corrected chi connectivity index (χ2v) is 5.19. The number of carboxylic acids is 1.